The second-order valence-corrected chi connectivity index (χ2v) is 7.04. The van der Waals surface area contributed by atoms with Crippen molar-refractivity contribution >= 4 is 23.0 Å². The van der Waals surface area contributed by atoms with Gasteiger partial charge < -0.3 is 10.3 Å². The lowest BCUT2D eigenvalue weighted by atomic mass is 9.84. The number of nitrogens with one attached hydrogen (secondary N) is 2. The van der Waals surface area contributed by atoms with Crippen LogP contribution in [0.2, 0.25) is 0 Å². The van der Waals surface area contributed by atoms with E-state index in [4.69, 9.17) is 0 Å². The summed E-state index contributed by atoms with van der Waals surface area (Å²) in [5.74, 6) is -0.334. The predicted octanol–water partition coefficient (Wildman–Crippen LogP) is 2.88. The van der Waals surface area contributed by atoms with E-state index in [0.29, 0.717) is 30.6 Å². The molecule has 0 unspecified atom stereocenters. The molecular formula is C18H20N2O3S. The number of rotatable bonds is 5. The number of carbonyl (C=O) groups excluding carboxylic acids is 2. The molecule has 2 aromatic rings. The van der Waals surface area contributed by atoms with Crippen LogP contribution in [0.1, 0.15) is 63.4 Å². The zero-order chi connectivity index (χ0) is 17.1. The van der Waals surface area contributed by atoms with E-state index in [1.165, 1.54) is 6.07 Å². The van der Waals surface area contributed by atoms with Crippen molar-refractivity contribution < 1.29 is 9.59 Å². The third kappa shape index (κ3) is 3.33. The lowest BCUT2D eigenvalue weighted by molar-refractivity contribution is 0.0951. The molecule has 1 amide bonds. The Balaban J connectivity index is 1.86. The minimum atomic E-state index is -0.428. The Hall–Kier alpha value is -2.21. The van der Waals surface area contributed by atoms with Gasteiger partial charge in [-0.05, 0) is 30.4 Å². The van der Waals surface area contributed by atoms with Crippen LogP contribution in [0.4, 0.5) is 0 Å². The van der Waals surface area contributed by atoms with Gasteiger partial charge in [-0.25, -0.2) is 0 Å². The predicted molar refractivity (Wildman–Crippen MR) is 94.0 cm³/mol. The molecule has 2 aromatic heterocycles. The molecule has 0 aromatic carbocycles. The maximum Gasteiger partial charge on any atom is 0.261 e. The van der Waals surface area contributed by atoms with Crippen molar-refractivity contribution in [2.45, 2.75) is 38.5 Å². The molecule has 1 atom stereocenters. The number of H-pyrrole nitrogens is 1. The maximum atomic E-state index is 12.5. The van der Waals surface area contributed by atoms with E-state index in [9.17, 15) is 14.4 Å². The first kappa shape index (κ1) is 16.6. The summed E-state index contributed by atoms with van der Waals surface area (Å²) < 4.78 is 0. The van der Waals surface area contributed by atoms with Crippen molar-refractivity contribution in [1.29, 1.82) is 0 Å². The van der Waals surface area contributed by atoms with Crippen LogP contribution in [0.3, 0.4) is 0 Å². The number of pyridine rings is 1. The first-order valence-electron chi connectivity index (χ1n) is 8.21. The maximum absolute atomic E-state index is 12.5. The number of aromatic nitrogens is 1. The fraction of sp³-hybridized carbons (Fsp3) is 0.389. The third-order valence-electron chi connectivity index (χ3n) is 4.31. The molecule has 2 N–H and O–H groups in total. The number of hydrogen-bond acceptors (Lipinski definition) is 4. The molecular weight excluding hydrogens is 324 g/mol. The largest absolute Gasteiger partial charge is 0.352 e. The average Bonchev–Trinajstić information content (AvgIpc) is 3.08. The number of aromatic amines is 1. The average molecular weight is 344 g/mol. The van der Waals surface area contributed by atoms with E-state index < -0.39 is 11.5 Å². The number of fused-ring (bicyclic) bond motifs is 1. The number of hydrogen-bond donors (Lipinski definition) is 2. The fourth-order valence-electron chi connectivity index (χ4n) is 3.00. The zero-order valence-electron chi connectivity index (χ0n) is 13.6. The van der Waals surface area contributed by atoms with Crippen molar-refractivity contribution in [3.63, 3.8) is 0 Å². The van der Waals surface area contributed by atoms with Gasteiger partial charge >= 0.3 is 0 Å². The van der Waals surface area contributed by atoms with Crippen LogP contribution < -0.4 is 10.9 Å². The monoisotopic (exact) mass is 344 g/mol. The summed E-state index contributed by atoms with van der Waals surface area (Å²) in [4.78, 5) is 40.8. The molecule has 0 radical (unpaired) electrons. The molecule has 126 valence electrons. The molecule has 24 heavy (non-hydrogen) atoms. The van der Waals surface area contributed by atoms with E-state index in [1.54, 1.807) is 11.3 Å². The molecule has 0 saturated heterocycles. The second kappa shape index (κ2) is 7.13. The number of Topliss-reactive ketones (excluding diaryl/α,β-unsaturated/α-hetero) is 1. The van der Waals surface area contributed by atoms with Crippen molar-refractivity contribution in [2.75, 3.05) is 6.54 Å². The molecule has 0 bridgehead atoms. The molecule has 6 heteroatoms. The first-order valence-corrected chi connectivity index (χ1v) is 9.09. The smallest absolute Gasteiger partial charge is 0.261 e. The highest BCUT2D eigenvalue weighted by atomic mass is 32.1. The molecule has 0 spiro atoms. The number of ketones is 1. The molecule has 0 fully saturated rings. The van der Waals surface area contributed by atoms with Gasteiger partial charge in [0.25, 0.3) is 11.5 Å². The normalized spacial score (nSPS) is 16.7. The Morgan fingerprint density at radius 2 is 2.21 bits per heavy atom. The van der Waals surface area contributed by atoms with Crippen LogP contribution in [0.15, 0.2) is 28.4 Å². The SMILES string of the molecule is CCCCNC(=O)c1cc2c([nH]c1=O)C[C@@H](c1cccs1)CC2=O. The van der Waals surface area contributed by atoms with Crippen LogP contribution >= 0.6 is 11.3 Å². The van der Waals surface area contributed by atoms with Crippen LogP contribution in [-0.4, -0.2) is 23.2 Å². The second-order valence-electron chi connectivity index (χ2n) is 6.06. The Morgan fingerprint density at radius 1 is 1.38 bits per heavy atom. The lowest BCUT2D eigenvalue weighted by Gasteiger charge is -2.22. The molecule has 1 aliphatic rings. The van der Waals surface area contributed by atoms with Gasteiger partial charge in [-0.1, -0.05) is 19.4 Å². The molecule has 5 nitrogen and oxygen atoms in total. The van der Waals surface area contributed by atoms with Crippen LogP contribution in [0.25, 0.3) is 0 Å². The van der Waals surface area contributed by atoms with Gasteiger partial charge in [0, 0.05) is 35.0 Å². The molecule has 3 rings (SSSR count). The van der Waals surface area contributed by atoms with Gasteiger partial charge in [0.15, 0.2) is 5.78 Å². The summed E-state index contributed by atoms with van der Waals surface area (Å²) in [6, 6.07) is 5.44. The van der Waals surface area contributed by atoms with Gasteiger partial charge in [-0.2, -0.15) is 0 Å². The van der Waals surface area contributed by atoms with Crippen LogP contribution in [-0.2, 0) is 6.42 Å². The van der Waals surface area contributed by atoms with E-state index in [0.717, 1.165) is 17.7 Å². The Bertz CT molecular complexity index is 808. The number of thiophene rings is 1. The van der Waals surface area contributed by atoms with E-state index in [-0.39, 0.29) is 17.3 Å². The summed E-state index contributed by atoms with van der Waals surface area (Å²) in [6.07, 6.45) is 2.85. The van der Waals surface area contributed by atoms with Gasteiger partial charge in [-0.3, -0.25) is 14.4 Å². The van der Waals surface area contributed by atoms with Gasteiger partial charge in [0.2, 0.25) is 0 Å². The summed E-state index contributed by atoms with van der Waals surface area (Å²) in [7, 11) is 0. The highest BCUT2D eigenvalue weighted by Crippen LogP contribution is 2.33. The highest BCUT2D eigenvalue weighted by molar-refractivity contribution is 7.10. The van der Waals surface area contributed by atoms with Gasteiger partial charge in [0.1, 0.15) is 5.56 Å². The zero-order valence-corrected chi connectivity index (χ0v) is 14.4. The topological polar surface area (TPSA) is 79.0 Å². The lowest BCUT2D eigenvalue weighted by Crippen LogP contribution is -2.33. The Morgan fingerprint density at radius 3 is 2.92 bits per heavy atom. The van der Waals surface area contributed by atoms with Crippen molar-refractivity contribution in [3.8, 4) is 0 Å². The minimum Gasteiger partial charge on any atom is -0.352 e. The van der Waals surface area contributed by atoms with Crippen molar-refractivity contribution in [2.24, 2.45) is 0 Å². The molecule has 1 aliphatic carbocycles. The quantitative estimate of drug-likeness (QED) is 0.819. The summed E-state index contributed by atoms with van der Waals surface area (Å²) in [5, 5.41) is 4.71. The Kier molecular flexibility index (Phi) is 4.94. The van der Waals surface area contributed by atoms with Crippen molar-refractivity contribution in [3.05, 3.63) is 55.6 Å². The number of unbranched alkanes of at least 4 members (excludes halogenated alkanes) is 1. The van der Waals surface area contributed by atoms with Crippen LogP contribution in [0, 0.1) is 0 Å². The van der Waals surface area contributed by atoms with E-state index in [1.807, 2.05) is 24.4 Å². The molecule has 2 heterocycles. The third-order valence-corrected chi connectivity index (χ3v) is 5.35. The fourth-order valence-corrected chi connectivity index (χ4v) is 3.83. The minimum absolute atomic E-state index is 0.0199. The van der Waals surface area contributed by atoms with E-state index in [2.05, 4.69) is 10.3 Å². The number of carbonyl (C=O) groups is 2. The van der Waals surface area contributed by atoms with Gasteiger partial charge in [0.05, 0.1) is 0 Å². The summed E-state index contributed by atoms with van der Waals surface area (Å²) >= 11 is 1.62. The highest BCUT2D eigenvalue weighted by Gasteiger charge is 2.29. The van der Waals surface area contributed by atoms with Crippen LogP contribution in [0.5, 0.6) is 0 Å². The number of amides is 1. The molecule has 0 saturated carbocycles. The molecule has 0 aliphatic heterocycles. The van der Waals surface area contributed by atoms with Crippen molar-refractivity contribution in [1.82, 2.24) is 10.3 Å². The Labute approximate surface area is 144 Å². The standard InChI is InChI=1S/C18H20N2O3S/c1-2-3-6-19-17(22)13-10-12-14(20-18(13)23)8-11(9-15(12)21)16-5-4-7-24-16/h4-5,7,10-11H,2-3,6,8-9H2,1H3,(H,19,22)(H,20,23)/t11-/m1/s1. The summed E-state index contributed by atoms with van der Waals surface area (Å²) in [5.41, 5.74) is 0.706. The van der Waals surface area contributed by atoms with E-state index >= 15 is 0 Å². The summed E-state index contributed by atoms with van der Waals surface area (Å²) in [6.45, 7) is 2.56. The first-order chi connectivity index (χ1) is 11.6. The van der Waals surface area contributed by atoms with Gasteiger partial charge in [-0.15, -0.1) is 11.3 Å².